The normalized spacial score (nSPS) is 10.5. The van der Waals surface area contributed by atoms with Gasteiger partial charge < -0.3 is 11.1 Å². The maximum Gasteiger partial charge on any atom is 0.405 e. The minimum absolute atomic E-state index is 0. The van der Waals surface area contributed by atoms with Gasteiger partial charge in [0.05, 0.1) is 18.3 Å². The van der Waals surface area contributed by atoms with E-state index in [1.165, 1.54) is 18.3 Å². The van der Waals surface area contributed by atoms with E-state index in [4.69, 9.17) is 5.73 Å². The average molecular weight is 270 g/mol. The molecule has 0 aliphatic carbocycles. The van der Waals surface area contributed by atoms with Crippen LogP contribution in [0.3, 0.4) is 0 Å². The first-order chi connectivity index (χ1) is 7.37. The highest BCUT2D eigenvalue weighted by atomic mass is 35.5. The van der Waals surface area contributed by atoms with Crippen molar-refractivity contribution in [1.29, 1.82) is 0 Å². The monoisotopic (exact) mass is 269 g/mol. The molecule has 0 aliphatic heterocycles. The number of halogens is 4. The molecule has 0 aliphatic rings. The predicted octanol–water partition coefficient (Wildman–Crippen LogP) is 1.31. The summed E-state index contributed by atoms with van der Waals surface area (Å²) in [7, 11) is 0. The number of amides is 1. The number of anilines is 1. The number of nitrogens with one attached hydrogen (secondary N) is 1. The lowest BCUT2D eigenvalue weighted by molar-refractivity contribution is -0.138. The number of hydrogen-bond acceptors (Lipinski definition) is 3. The molecule has 0 spiro atoms. The van der Waals surface area contributed by atoms with E-state index in [0.29, 0.717) is 11.4 Å². The summed E-state index contributed by atoms with van der Waals surface area (Å²) >= 11 is 0. The lowest BCUT2D eigenvalue weighted by Gasteiger charge is -2.07. The van der Waals surface area contributed by atoms with Crippen molar-refractivity contribution in [1.82, 2.24) is 10.3 Å². The molecule has 3 N–H and O–H groups in total. The van der Waals surface area contributed by atoms with Gasteiger partial charge in [-0.3, -0.25) is 9.78 Å². The van der Waals surface area contributed by atoms with Gasteiger partial charge in [0.2, 0.25) is 5.91 Å². The van der Waals surface area contributed by atoms with Crippen molar-refractivity contribution in [3.63, 3.8) is 0 Å². The number of rotatable bonds is 3. The van der Waals surface area contributed by atoms with Gasteiger partial charge in [-0.2, -0.15) is 13.2 Å². The van der Waals surface area contributed by atoms with Crippen molar-refractivity contribution < 1.29 is 18.0 Å². The molecule has 0 atom stereocenters. The Labute approximate surface area is 102 Å². The Balaban J connectivity index is 0.00000256. The Morgan fingerprint density at radius 1 is 1.41 bits per heavy atom. The molecule has 1 aromatic rings. The van der Waals surface area contributed by atoms with Crippen molar-refractivity contribution >= 4 is 24.0 Å². The lowest BCUT2D eigenvalue weighted by Crippen LogP contribution is -2.34. The first-order valence-corrected chi connectivity index (χ1v) is 4.41. The summed E-state index contributed by atoms with van der Waals surface area (Å²) in [6.45, 7) is -1.33. The third-order valence-corrected chi connectivity index (χ3v) is 1.68. The third-order valence-electron chi connectivity index (χ3n) is 1.68. The fourth-order valence-corrected chi connectivity index (χ4v) is 0.966. The first kappa shape index (κ1) is 15.5. The van der Waals surface area contributed by atoms with Gasteiger partial charge in [-0.1, -0.05) is 0 Å². The van der Waals surface area contributed by atoms with Crippen LogP contribution in [-0.2, 0) is 11.2 Å². The topological polar surface area (TPSA) is 68.0 Å². The maximum atomic E-state index is 11.8. The standard InChI is InChI=1S/C9H10F3N3O.ClH/c10-9(11,12)5-15-8(16)3-7-2-1-6(13)4-14-7;/h1-2,4H,3,5,13H2,(H,15,16);1H. The molecule has 0 saturated carbocycles. The molecule has 0 aromatic carbocycles. The second-order valence-electron chi connectivity index (χ2n) is 3.15. The highest BCUT2D eigenvalue weighted by Crippen LogP contribution is 2.12. The molecule has 96 valence electrons. The van der Waals surface area contributed by atoms with Gasteiger partial charge in [0.1, 0.15) is 6.54 Å². The van der Waals surface area contributed by atoms with Crippen molar-refractivity contribution in [3.8, 4) is 0 Å². The summed E-state index contributed by atoms with van der Waals surface area (Å²) in [5.74, 6) is -0.727. The second kappa shape index (κ2) is 6.29. The molecular weight excluding hydrogens is 259 g/mol. The number of pyridine rings is 1. The lowest BCUT2D eigenvalue weighted by atomic mass is 10.2. The van der Waals surface area contributed by atoms with Gasteiger partial charge in [0, 0.05) is 5.69 Å². The van der Waals surface area contributed by atoms with Crippen LogP contribution in [0.15, 0.2) is 18.3 Å². The van der Waals surface area contributed by atoms with Crippen molar-refractivity contribution in [3.05, 3.63) is 24.0 Å². The summed E-state index contributed by atoms with van der Waals surface area (Å²) in [4.78, 5) is 14.9. The van der Waals surface area contributed by atoms with E-state index >= 15 is 0 Å². The minimum atomic E-state index is -4.40. The fraction of sp³-hybridized carbons (Fsp3) is 0.333. The zero-order valence-corrected chi connectivity index (χ0v) is 9.44. The number of nitrogens with two attached hydrogens (primary N) is 1. The van der Waals surface area contributed by atoms with Crippen LogP contribution < -0.4 is 11.1 Å². The zero-order chi connectivity index (χ0) is 12.2. The van der Waals surface area contributed by atoms with Crippen LogP contribution in [0.5, 0.6) is 0 Å². The molecule has 1 aromatic heterocycles. The molecule has 0 radical (unpaired) electrons. The van der Waals surface area contributed by atoms with Crippen LogP contribution in [0.2, 0.25) is 0 Å². The highest BCUT2D eigenvalue weighted by molar-refractivity contribution is 5.85. The van der Waals surface area contributed by atoms with Gasteiger partial charge in [-0.15, -0.1) is 12.4 Å². The summed E-state index contributed by atoms with van der Waals surface area (Å²) in [5.41, 5.74) is 6.16. The zero-order valence-electron chi connectivity index (χ0n) is 8.62. The number of carbonyl (C=O) groups is 1. The Bertz CT molecular complexity index is 367. The molecule has 0 bridgehead atoms. The number of alkyl halides is 3. The molecule has 0 fully saturated rings. The summed E-state index contributed by atoms with van der Waals surface area (Å²) in [6, 6.07) is 3.02. The van der Waals surface area contributed by atoms with E-state index in [1.54, 1.807) is 5.32 Å². The fourth-order valence-electron chi connectivity index (χ4n) is 0.966. The van der Waals surface area contributed by atoms with Crippen LogP contribution in [-0.4, -0.2) is 23.6 Å². The summed E-state index contributed by atoms with van der Waals surface area (Å²) in [6.07, 6.45) is -3.26. The molecule has 8 heteroatoms. The smallest absolute Gasteiger partial charge is 0.397 e. The van der Waals surface area contributed by atoms with Crippen LogP contribution in [0.1, 0.15) is 5.69 Å². The number of nitrogen functional groups attached to an aromatic ring is 1. The van der Waals surface area contributed by atoms with Gasteiger partial charge in [-0.05, 0) is 12.1 Å². The number of carbonyl (C=O) groups excluding carboxylic acids is 1. The molecular formula is C9H11ClF3N3O. The van der Waals surface area contributed by atoms with Gasteiger partial charge >= 0.3 is 6.18 Å². The van der Waals surface area contributed by atoms with E-state index in [0.717, 1.165) is 0 Å². The van der Waals surface area contributed by atoms with Crippen LogP contribution >= 0.6 is 12.4 Å². The van der Waals surface area contributed by atoms with E-state index in [-0.39, 0.29) is 18.8 Å². The maximum absolute atomic E-state index is 11.8. The Kier molecular flexibility index (Phi) is 5.73. The molecule has 1 heterocycles. The Hall–Kier alpha value is -1.50. The van der Waals surface area contributed by atoms with Crippen molar-refractivity contribution in [2.75, 3.05) is 12.3 Å². The van der Waals surface area contributed by atoms with Crippen molar-refractivity contribution in [2.24, 2.45) is 0 Å². The van der Waals surface area contributed by atoms with Gasteiger partial charge in [-0.25, -0.2) is 0 Å². The van der Waals surface area contributed by atoms with Crippen LogP contribution in [0.25, 0.3) is 0 Å². The minimum Gasteiger partial charge on any atom is -0.397 e. The quantitative estimate of drug-likeness (QED) is 0.869. The number of aromatic nitrogens is 1. The average Bonchev–Trinajstić information content (AvgIpc) is 2.18. The summed E-state index contributed by atoms with van der Waals surface area (Å²) < 4.78 is 35.3. The molecule has 0 saturated heterocycles. The second-order valence-corrected chi connectivity index (χ2v) is 3.15. The number of hydrogen-bond donors (Lipinski definition) is 2. The molecule has 4 nitrogen and oxygen atoms in total. The van der Waals surface area contributed by atoms with Crippen LogP contribution in [0.4, 0.5) is 18.9 Å². The number of nitrogens with zero attached hydrogens (tertiary/aromatic N) is 1. The van der Waals surface area contributed by atoms with E-state index < -0.39 is 18.6 Å². The van der Waals surface area contributed by atoms with Crippen LogP contribution in [0, 0.1) is 0 Å². The van der Waals surface area contributed by atoms with E-state index in [1.807, 2.05) is 0 Å². The predicted molar refractivity (Wildman–Crippen MR) is 58.7 cm³/mol. The molecule has 1 amide bonds. The Morgan fingerprint density at radius 3 is 2.53 bits per heavy atom. The highest BCUT2D eigenvalue weighted by Gasteiger charge is 2.27. The first-order valence-electron chi connectivity index (χ1n) is 4.41. The van der Waals surface area contributed by atoms with E-state index in [9.17, 15) is 18.0 Å². The van der Waals surface area contributed by atoms with E-state index in [2.05, 4.69) is 4.98 Å². The molecule has 17 heavy (non-hydrogen) atoms. The van der Waals surface area contributed by atoms with Gasteiger partial charge in [0.15, 0.2) is 0 Å². The third kappa shape index (κ3) is 6.62. The van der Waals surface area contributed by atoms with Crippen molar-refractivity contribution in [2.45, 2.75) is 12.6 Å². The SMILES string of the molecule is Cl.Nc1ccc(CC(=O)NCC(F)(F)F)nc1. The largest absolute Gasteiger partial charge is 0.405 e. The molecule has 1 rings (SSSR count). The Morgan fingerprint density at radius 2 is 2.06 bits per heavy atom. The molecule has 0 unspecified atom stereocenters. The van der Waals surface area contributed by atoms with Gasteiger partial charge in [0.25, 0.3) is 0 Å². The summed E-state index contributed by atoms with van der Waals surface area (Å²) in [5, 5.41) is 1.75.